The predicted molar refractivity (Wildman–Crippen MR) is 135 cm³/mol. The van der Waals surface area contributed by atoms with Gasteiger partial charge in [-0.25, -0.2) is 0 Å². The fraction of sp³-hybridized carbons (Fsp3) is 0.519. The molecular formula is C27H38N4O2. The highest BCUT2D eigenvalue weighted by atomic mass is 16.2. The number of carbonyl (C=O) groups is 2. The van der Waals surface area contributed by atoms with Crippen molar-refractivity contribution in [3.8, 4) is 0 Å². The molecule has 178 valence electrons. The number of amidine groups is 1. The van der Waals surface area contributed by atoms with Gasteiger partial charge in [0.05, 0.1) is 12.1 Å². The maximum absolute atomic E-state index is 13.2. The largest absolute Gasteiger partial charge is 0.344 e. The van der Waals surface area contributed by atoms with Gasteiger partial charge in [-0.2, -0.15) is 0 Å². The standard InChI is InChI=1S/C27H38N4O2/c1-17(2)10-13-22-19(4)28-24(29-22)23(27(5,6)7)30-25(32)20-11-12-21(18(3)16-20)26(33)31-14-8-9-15-31/h10-13,16,19,23H,8-9,14-15H2,1-7H3,(H,28,29)(H,30,32)/b22-13+. The summed E-state index contributed by atoms with van der Waals surface area (Å²) in [5, 5.41) is 6.61. The Morgan fingerprint density at radius 2 is 1.88 bits per heavy atom. The van der Waals surface area contributed by atoms with Crippen LogP contribution in [0.1, 0.15) is 80.7 Å². The van der Waals surface area contributed by atoms with Crippen LogP contribution in [0.25, 0.3) is 0 Å². The number of carbonyl (C=O) groups excluding carboxylic acids is 2. The van der Waals surface area contributed by atoms with Gasteiger partial charge in [0, 0.05) is 29.9 Å². The van der Waals surface area contributed by atoms with Gasteiger partial charge in [-0.05, 0) is 75.8 Å². The van der Waals surface area contributed by atoms with Crippen molar-refractivity contribution in [1.29, 1.82) is 0 Å². The molecule has 2 aliphatic heterocycles. The van der Waals surface area contributed by atoms with Gasteiger partial charge in [0.25, 0.3) is 11.8 Å². The first kappa shape index (κ1) is 24.7. The van der Waals surface area contributed by atoms with E-state index in [1.165, 1.54) is 5.57 Å². The molecule has 1 saturated heterocycles. The molecule has 1 aromatic carbocycles. The number of amides is 2. The van der Waals surface area contributed by atoms with E-state index >= 15 is 0 Å². The van der Waals surface area contributed by atoms with Crippen LogP contribution in [0, 0.1) is 12.3 Å². The molecule has 1 aromatic rings. The molecule has 2 amide bonds. The summed E-state index contributed by atoms with van der Waals surface area (Å²) in [4.78, 5) is 32.7. The summed E-state index contributed by atoms with van der Waals surface area (Å²) in [6.07, 6.45) is 6.23. The lowest BCUT2D eigenvalue weighted by atomic mass is 9.85. The molecule has 2 atom stereocenters. The van der Waals surface area contributed by atoms with Crippen molar-refractivity contribution in [2.75, 3.05) is 13.1 Å². The van der Waals surface area contributed by atoms with Crippen LogP contribution >= 0.6 is 0 Å². The number of nitrogens with zero attached hydrogens (tertiary/aromatic N) is 2. The Bertz CT molecular complexity index is 1000. The molecule has 6 nitrogen and oxygen atoms in total. The first-order valence-electron chi connectivity index (χ1n) is 11.9. The zero-order valence-corrected chi connectivity index (χ0v) is 21.1. The Hall–Kier alpha value is -2.89. The number of rotatable bonds is 5. The second-order valence-electron chi connectivity index (χ2n) is 10.5. The minimum Gasteiger partial charge on any atom is -0.344 e. The summed E-state index contributed by atoms with van der Waals surface area (Å²) in [6, 6.07) is 5.07. The van der Waals surface area contributed by atoms with Gasteiger partial charge < -0.3 is 15.5 Å². The molecule has 0 bridgehead atoms. The number of hydrogen-bond acceptors (Lipinski definition) is 4. The van der Waals surface area contributed by atoms with E-state index in [1.54, 1.807) is 12.1 Å². The molecule has 0 radical (unpaired) electrons. The summed E-state index contributed by atoms with van der Waals surface area (Å²) >= 11 is 0. The highest BCUT2D eigenvalue weighted by molar-refractivity contribution is 6.02. The van der Waals surface area contributed by atoms with Gasteiger partial charge in [-0.1, -0.05) is 32.4 Å². The SMILES string of the molecule is CC(C)=C/C=C1/NC(C(NC(=O)c2ccc(C(=O)N3CCCC3)c(C)c2)C(C)(C)C)=NC1C. The van der Waals surface area contributed by atoms with Crippen molar-refractivity contribution in [2.24, 2.45) is 10.4 Å². The van der Waals surface area contributed by atoms with Crippen molar-refractivity contribution in [3.05, 3.63) is 58.3 Å². The van der Waals surface area contributed by atoms with Crippen molar-refractivity contribution in [3.63, 3.8) is 0 Å². The normalized spacial score (nSPS) is 20.3. The van der Waals surface area contributed by atoms with E-state index in [-0.39, 0.29) is 29.3 Å². The number of allylic oxidation sites excluding steroid dienone is 3. The van der Waals surface area contributed by atoms with Gasteiger partial charge in [0.1, 0.15) is 5.84 Å². The summed E-state index contributed by atoms with van der Waals surface area (Å²) in [5.41, 5.74) is 4.04. The topological polar surface area (TPSA) is 73.8 Å². The van der Waals surface area contributed by atoms with Crippen molar-refractivity contribution in [2.45, 2.75) is 73.4 Å². The molecule has 6 heteroatoms. The van der Waals surface area contributed by atoms with Crippen LogP contribution in [0.3, 0.4) is 0 Å². The average molecular weight is 451 g/mol. The second kappa shape index (κ2) is 9.94. The molecule has 1 fully saturated rings. The van der Waals surface area contributed by atoms with Gasteiger partial charge >= 0.3 is 0 Å². The minimum atomic E-state index is -0.281. The number of hydrogen-bond donors (Lipinski definition) is 2. The highest BCUT2D eigenvalue weighted by Gasteiger charge is 2.35. The molecule has 0 saturated carbocycles. The lowest BCUT2D eigenvalue weighted by Gasteiger charge is -2.31. The van der Waals surface area contributed by atoms with E-state index in [2.05, 4.69) is 57.4 Å². The molecular weight excluding hydrogens is 412 g/mol. The molecule has 33 heavy (non-hydrogen) atoms. The molecule has 0 aromatic heterocycles. The third-order valence-electron chi connectivity index (χ3n) is 6.18. The van der Waals surface area contributed by atoms with Crippen LogP contribution in [0.15, 0.2) is 46.6 Å². The first-order valence-corrected chi connectivity index (χ1v) is 11.9. The minimum absolute atomic E-state index is 0.00970. The van der Waals surface area contributed by atoms with E-state index in [0.717, 1.165) is 43.0 Å². The van der Waals surface area contributed by atoms with Crippen LogP contribution in [0.2, 0.25) is 0 Å². The summed E-state index contributed by atoms with van der Waals surface area (Å²) in [7, 11) is 0. The van der Waals surface area contributed by atoms with Crippen molar-refractivity contribution in [1.82, 2.24) is 15.5 Å². The zero-order valence-electron chi connectivity index (χ0n) is 21.1. The van der Waals surface area contributed by atoms with Crippen molar-refractivity contribution < 1.29 is 9.59 Å². The maximum atomic E-state index is 13.2. The van der Waals surface area contributed by atoms with Crippen LogP contribution in [-0.4, -0.2) is 47.7 Å². The Kier molecular flexibility index (Phi) is 7.45. The molecule has 2 N–H and O–H groups in total. The van der Waals surface area contributed by atoms with Crippen LogP contribution in [0.5, 0.6) is 0 Å². The van der Waals surface area contributed by atoms with E-state index in [1.807, 2.05) is 24.8 Å². The quantitative estimate of drug-likeness (QED) is 0.688. The predicted octanol–water partition coefficient (Wildman–Crippen LogP) is 4.62. The van der Waals surface area contributed by atoms with Crippen LogP contribution < -0.4 is 10.6 Å². The monoisotopic (exact) mass is 450 g/mol. The Balaban J connectivity index is 1.78. The molecule has 2 aliphatic rings. The van der Waals surface area contributed by atoms with Gasteiger partial charge in [-0.15, -0.1) is 0 Å². The number of aliphatic imine (C=N–C) groups is 1. The number of benzene rings is 1. The lowest BCUT2D eigenvalue weighted by Crippen LogP contribution is -2.52. The lowest BCUT2D eigenvalue weighted by molar-refractivity contribution is 0.0791. The first-order chi connectivity index (χ1) is 15.5. The van der Waals surface area contributed by atoms with Gasteiger partial charge in [-0.3, -0.25) is 14.6 Å². The van der Waals surface area contributed by atoms with E-state index in [0.29, 0.717) is 11.1 Å². The second-order valence-corrected chi connectivity index (χ2v) is 10.5. The maximum Gasteiger partial charge on any atom is 0.254 e. The van der Waals surface area contributed by atoms with E-state index < -0.39 is 0 Å². The van der Waals surface area contributed by atoms with Gasteiger partial charge in [0.2, 0.25) is 0 Å². The summed E-state index contributed by atoms with van der Waals surface area (Å²) < 4.78 is 0. The van der Waals surface area contributed by atoms with Crippen molar-refractivity contribution >= 4 is 17.6 Å². The number of nitrogens with one attached hydrogen (secondary N) is 2. The molecule has 2 unspecified atom stereocenters. The molecule has 0 spiro atoms. The Morgan fingerprint density at radius 1 is 1.21 bits per heavy atom. The highest BCUT2D eigenvalue weighted by Crippen LogP contribution is 2.25. The third-order valence-corrected chi connectivity index (χ3v) is 6.18. The molecule has 2 heterocycles. The number of aryl methyl sites for hydroxylation is 1. The zero-order chi connectivity index (χ0) is 24.3. The average Bonchev–Trinajstić information content (AvgIpc) is 3.38. The Labute approximate surface area is 198 Å². The fourth-order valence-corrected chi connectivity index (χ4v) is 4.19. The van der Waals surface area contributed by atoms with Gasteiger partial charge in [0.15, 0.2) is 0 Å². The summed E-state index contributed by atoms with van der Waals surface area (Å²) in [6.45, 7) is 16.0. The Morgan fingerprint density at radius 3 is 2.45 bits per heavy atom. The van der Waals surface area contributed by atoms with Crippen LogP contribution in [0.4, 0.5) is 0 Å². The van der Waals surface area contributed by atoms with E-state index in [4.69, 9.17) is 4.99 Å². The molecule has 3 rings (SSSR count). The fourth-order valence-electron chi connectivity index (χ4n) is 4.19. The number of likely N-dealkylation sites (tertiary alicyclic amines) is 1. The summed E-state index contributed by atoms with van der Waals surface area (Å²) in [5.74, 6) is 0.657. The van der Waals surface area contributed by atoms with Crippen LogP contribution in [-0.2, 0) is 0 Å². The third kappa shape index (κ3) is 5.92. The van der Waals surface area contributed by atoms with E-state index in [9.17, 15) is 9.59 Å². The smallest absolute Gasteiger partial charge is 0.254 e. The molecule has 0 aliphatic carbocycles.